The SMILES string of the molecule is CC(C)c1ccccc1NC(=O)c1cc([N+](=O)[O-])ccc1Cl. The average Bonchev–Trinajstić information content (AvgIpc) is 2.47. The number of carbonyl (C=O) groups excluding carboxylic acids is 1. The third-order valence-electron chi connectivity index (χ3n) is 3.24. The van der Waals surface area contributed by atoms with Crippen LogP contribution in [-0.2, 0) is 0 Å². The molecule has 0 aliphatic carbocycles. The topological polar surface area (TPSA) is 72.2 Å². The lowest BCUT2D eigenvalue weighted by atomic mass is 10.0. The van der Waals surface area contributed by atoms with Crippen LogP contribution in [-0.4, -0.2) is 10.8 Å². The number of nitro benzene ring substituents is 1. The minimum atomic E-state index is -0.560. The molecule has 0 fully saturated rings. The summed E-state index contributed by atoms with van der Waals surface area (Å²) in [6.45, 7) is 4.04. The van der Waals surface area contributed by atoms with Crippen LogP contribution in [0, 0.1) is 10.1 Å². The second kappa shape index (κ2) is 6.58. The molecular weight excluding hydrogens is 304 g/mol. The molecule has 2 aromatic rings. The molecule has 2 rings (SSSR count). The highest BCUT2D eigenvalue weighted by molar-refractivity contribution is 6.34. The van der Waals surface area contributed by atoms with Gasteiger partial charge in [-0.3, -0.25) is 14.9 Å². The summed E-state index contributed by atoms with van der Waals surface area (Å²) in [7, 11) is 0. The summed E-state index contributed by atoms with van der Waals surface area (Å²) in [6, 6.07) is 11.2. The van der Waals surface area contributed by atoms with Gasteiger partial charge in [-0.25, -0.2) is 0 Å². The van der Waals surface area contributed by atoms with Crippen molar-refractivity contribution in [1.82, 2.24) is 0 Å². The van der Waals surface area contributed by atoms with E-state index in [4.69, 9.17) is 11.6 Å². The number of carbonyl (C=O) groups is 1. The van der Waals surface area contributed by atoms with E-state index in [0.717, 1.165) is 5.56 Å². The number of amides is 1. The van der Waals surface area contributed by atoms with E-state index in [9.17, 15) is 14.9 Å². The number of para-hydroxylation sites is 1. The highest BCUT2D eigenvalue weighted by atomic mass is 35.5. The highest BCUT2D eigenvalue weighted by Gasteiger charge is 2.17. The molecule has 0 unspecified atom stereocenters. The van der Waals surface area contributed by atoms with Crippen molar-refractivity contribution in [3.05, 3.63) is 68.7 Å². The normalized spacial score (nSPS) is 10.5. The van der Waals surface area contributed by atoms with Crippen LogP contribution in [0.3, 0.4) is 0 Å². The van der Waals surface area contributed by atoms with Crippen molar-refractivity contribution >= 4 is 28.9 Å². The fourth-order valence-corrected chi connectivity index (χ4v) is 2.31. The van der Waals surface area contributed by atoms with Gasteiger partial charge >= 0.3 is 0 Å². The van der Waals surface area contributed by atoms with E-state index < -0.39 is 10.8 Å². The molecule has 0 aromatic heterocycles. The van der Waals surface area contributed by atoms with Gasteiger partial charge in [-0.05, 0) is 23.6 Å². The van der Waals surface area contributed by atoms with Crippen molar-refractivity contribution in [3.8, 4) is 0 Å². The Bertz CT molecular complexity index is 729. The molecule has 114 valence electrons. The Morgan fingerprint density at radius 3 is 2.55 bits per heavy atom. The zero-order valence-electron chi connectivity index (χ0n) is 12.2. The number of benzene rings is 2. The molecule has 2 aromatic carbocycles. The first-order chi connectivity index (χ1) is 10.4. The molecule has 1 N–H and O–H groups in total. The second-order valence-corrected chi connectivity index (χ2v) is 5.52. The summed E-state index contributed by atoms with van der Waals surface area (Å²) < 4.78 is 0. The zero-order valence-corrected chi connectivity index (χ0v) is 12.9. The van der Waals surface area contributed by atoms with Crippen LogP contribution in [0.1, 0.15) is 35.7 Å². The maximum atomic E-state index is 12.4. The molecule has 0 spiro atoms. The summed E-state index contributed by atoms with van der Waals surface area (Å²) in [6.07, 6.45) is 0. The lowest BCUT2D eigenvalue weighted by Crippen LogP contribution is -2.14. The number of nitro groups is 1. The number of halogens is 1. The monoisotopic (exact) mass is 318 g/mol. The Balaban J connectivity index is 2.34. The zero-order chi connectivity index (χ0) is 16.3. The standard InChI is InChI=1S/C16H15ClN2O3/c1-10(2)12-5-3-4-6-15(12)18-16(20)13-9-11(19(21)22)7-8-14(13)17/h3-10H,1-2H3,(H,18,20). The number of rotatable bonds is 4. The van der Waals surface area contributed by atoms with E-state index in [1.807, 2.05) is 32.0 Å². The van der Waals surface area contributed by atoms with Gasteiger partial charge in [0.2, 0.25) is 0 Å². The van der Waals surface area contributed by atoms with Crippen molar-refractivity contribution in [2.75, 3.05) is 5.32 Å². The number of nitrogens with one attached hydrogen (secondary N) is 1. The molecule has 22 heavy (non-hydrogen) atoms. The van der Waals surface area contributed by atoms with E-state index in [1.54, 1.807) is 6.07 Å². The molecule has 5 nitrogen and oxygen atoms in total. The first-order valence-corrected chi connectivity index (χ1v) is 7.12. The van der Waals surface area contributed by atoms with Crippen LogP contribution in [0.25, 0.3) is 0 Å². The molecule has 0 saturated carbocycles. The summed E-state index contributed by atoms with van der Waals surface area (Å²) in [5.74, 6) is -0.237. The first kappa shape index (κ1) is 16.0. The molecule has 0 radical (unpaired) electrons. The molecular formula is C16H15ClN2O3. The predicted octanol–water partition coefficient (Wildman–Crippen LogP) is 4.62. The van der Waals surface area contributed by atoms with E-state index in [2.05, 4.69) is 5.32 Å². The van der Waals surface area contributed by atoms with E-state index in [-0.39, 0.29) is 22.2 Å². The predicted molar refractivity (Wildman–Crippen MR) is 86.6 cm³/mol. The van der Waals surface area contributed by atoms with Gasteiger partial charge in [-0.1, -0.05) is 43.6 Å². The van der Waals surface area contributed by atoms with Gasteiger partial charge < -0.3 is 5.32 Å². The lowest BCUT2D eigenvalue weighted by molar-refractivity contribution is -0.384. The molecule has 0 aliphatic heterocycles. The third-order valence-corrected chi connectivity index (χ3v) is 3.57. The molecule has 0 heterocycles. The van der Waals surface area contributed by atoms with Gasteiger partial charge in [-0.15, -0.1) is 0 Å². The van der Waals surface area contributed by atoms with E-state index in [0.29, 0.717) is 5.69 Å². The van der Waals surface area contributed by atoms with Gasteiger partial charge in [0.25, 0.3) is 11.6 Å². The van der Waals surface area contributed by atoms with Crippen LogP contribution in [0.4, 0.5) is 11.4 Å². The van der Waals surface area contributed by atoms with Gasteiger partial charge in [0, 0.05) is 17.8 Å². The van der Waals surface area contributed by atoms with Crippen molar-refractivity contribution < 1.29 is 9.72 Å². The molecule has 0 atom stereocenters. The van der Waals surface area contributed by atoms with Crippen molar-refractivity contribution in [2.45, 2.75) is 19.8 Å². The smallest absolute Gasteiger partial charge is 0.270 e. The van der Waals surface area contributed by atoms with Gasteiger partial charge in [0.15, 0.2) is 0 Å². The van der Waals surface area contributed by atoms with Gasteiger partial charge in [0.05, 0.1) is 15.5 Å². The number of nitrogens with zero attached hydrogens (tertiary/aromatic N) is 1. The second-order valence-electron chi connectivity index (χ2n) is 5.12. The Labute approximate surface area is 133 Å². The van der Waals surface area contributed by atoms with Crippen LogP contribution < -0.4 is 5.32 Å². The molecule has 0 bridgehead atoms. The minimum Gasteiger partial charge on any atom is -0.322 e. The third kappa shape index (κ3) is 3.43. The van der Waals surface area contributed by atoms with E-state index >= 15 is 0 Å². The maximum absolute atomic E-state index is 12.4. The van der Waals surface area contributed by atoms with Crippen molar-refractivity contribution in [1.29, 1.82) is 0 Å². The number of hydrogen-bond donors (Lipinski definition) is 1. The Morgan fingerprint density at radius 1 is 1.23 bits per heavy atom. The number of non-ortho nitro benzene ring substituents is 1. The Hall–Kier alpha value is -2.40. The number of anilines is 1. The van der Waals surface area contributed by atoms with Crippen LogP contribution in [0.2, 0.25) is 5.02 Å². The fraction of sp³-hybridized carbons (Fsp3) is 0.188. The highest BCUT2D eigenvalue weighted by Crippen LogP contribution is 2.26. The summed E-state index contributed by atoms with van der Waals surface area (Å²) in [5.41, 5.74) is 1.56. The van der Waals surface area contributed by atoms with Crippen LogP contribution in [0.15, 0.2) is 42.5 Å². The molecule has 0 aliphatic rings. The van der Waals surface area contributed by atoms with Crippen molar-refractivity contribution in [3.63, 3.8) is 0 Å². The number of hydrogen-bond acceptors (Lipinski definition) is 3. The minimum absolute atomic E-state index is 0.0782. The van der Waals surface area contributed by atoms with Gasteiger partial charge in [-0.2, -0.15) is 0 Å². The fourth-order valence-electron chi connectivity index (χ4n) is 2.10. The summed E-state index contributed by atoms with van der Waals surface area (Å²) in [4.78, 5) is 22.6. The van der Waals surface area contributed by atoms with Crippen LogP contribution >= 0.6 is 11.6 Å². The Kier molecular flexibility index (Phi) is 4.78. The molecule has 6 heteroatoms. The van der Waals surface area contributed by atoms with Gasteiger partial charge in [0.1, 0.15) is 0 Å². The maximum Gasteiger partial charge on any atom is 0.270 e. The van der Waals surface area contributed by atoms with Crippen LogP contribution in [0.5, 0.6) is 0 Å². The Morgan fingerprint density at radius 2 is 1.91 bits per heavy atom. The molecule has 0 saturated heterocycles. The lowest BCUT2D eigenvalue weighted by Gasteiger charge is -2.14. The summed E-state index contributed by atoms with van der Waals surface area (Å²) >= 11 is 5.98. The average molecular weight is 319 g/mol. The summed E-state index contributed by atoms with van der Waals surface area (Å²) in [5, 5.41) is 13.8. The molecule has 1 amide bonds. The van der Waals surface area contributed by atoms with E-state index in [1.165, 1.54) is 18.2 Å². The quantitative estimate of drug-likeness (QED) is 0.660. The van der Waals surface area contributed by atoms with Crippen molar-refractivity contribution in [2.24, 2.45) is 0 Å². The largest absolute Gasteiger partial charge is 0.322 e. The first-order valence-electron chi connectivity index (χ1n) is 6.74.